The van der Waals surface area contributed by atoms with E-state index in [4.69, 9.17) is 0 Å². The van der Waals surface area contributed by atoms with E-state index in [1.165, 1.54) is 11.3 Å². The Morgan fingerprint density at radius 1 is 1.08 bits per heavy atom. The van der Waals surface area contributed by atoms with Crippen molar-refractivity contribution in [2.45, 2.75) is 46.5 Å². The molecule has 1 unspecified atom stereocenters. The van der Waals surface area contributed by atoms with Gasteiger partial charge >= 0.3 is 0 Å². The number of hydrogen-bond acceptors (Lipinski definition) is 3. The lowest BCUT2D eigenvalue weighted by atomic mass is 9.87. The Morgan fingerprint density at radius 2 is 1.85 bits per heavy atom. The van der Waals surface area contributed by atoms with E-state index in [0.717, 1.165) is 52.2 Å². The molecule has 0 amide bonds. The zero-order valence-electron chi connectivity index (χ0n) is 15.8. The molecule has 0 fully saturated rings. The minimum Gasteiger partial charge on any atom is -0.355 e. The van der Waals surface area contributed by atoms with Crippen LogP contribution in [0.4, 0.5) is 11.4 Å². The van der Waals surface area contributed by atoms with Crippen LogP contribution in [0.15, 0.2) is 53.3 Å². The fourth-order valence-corrected chi connectivity index (χ4v) is 4.88. The zero-order chi connectivity index (χ0) is 18.5. The molecule has 3 aromatic rings. The molecule has 1 N–H and O–H groups in total. The van der Waals surface area contributed by atoms with Crippen LogP contribution >= 0.6 is 11.3 Å². The molecule has 0 aliphatic heterocycles. The fraction of sp³-hybridized carbons (Fsp3) is 0.348. The summed E-state index contributed by atoms with van der Waals surface area (Å²) < 4.78 is 1.09. The van der Waals surface area contributed by atoms with E-state index >= 15 is 0 Å². The Morgan fingerprint density at radius 3 is 2.58 bits per heavy atom. The molecule has 4 rings (SSSR count). The molecule has 0 bridgehead atoms. The van der Waals surface area contributed by atoms with E-state index < -0.39 is 0 Å². The second kappa shape index (κ2) is 8.50. The molecule has 1 aliphatic carbocycles. The van der Waals surface area contributed by atoms with Crippen molar-refractivity contribution in [3.8, 4) is 0 Å². The molecule has 0 spiro atoms. The van der Waals surface area contributed by atoms with E-state index in [-0.39, 0.29) is 5.43 Å². The van der Waals surface area contributed by atoms with Gasteiger partial charge in [-0.15, -0.1) is 11.3 Å². The molecule has 2 nitrogen and oxygen atoms in total. The van der Waals surface area contributed by atoms with Crippen LogP contribution in [0.1, 0.15) is 44.1 Å². The first-order valence-electron chi connectivity index (χ1n) is 9.65. The molecular formula is C23H27NOS. The maximum Gasteiger partial charge on any atom is 0.191 e. The van der Waals surface area contributed by atoms with Gasteiger partial charge in [-0.05, 0) is 55.5 Å². The highest BCUT2D eigenvalue weighted by molar-refractivity contribution is 7.18. The Kier molecular flexibility index (Phi) is 6.10. The number of nitrogens with one attached hydrogen (secondary N) is 1. The van der Waals surface area contributed by atoms with Gasteiger partial charge in [-0.2, -0.15) is 0 Å². The predicted octanol–water partition coefficient (Wildman–Crippen LogP) is 6.55. The number of benzene rings is 2. The number of fused-ring (bicyclic) bond motifs is 2. The van der Waals surface area contributed by atoms with Crippen molar-refractivity contribution in [1.82, 2.24) is 0 Å². The topological polar surface area (TPSA) is 29.1 Å². The molecule has 1 atom stereocenters. The summed E-state index contributed by atoms with van der Waals surface area (Å²) in [6.45, 7) is 6.25. The quantitative estimate of drug-likeness (QED) is 0.570. The van der Waals surface area contributed by atoms with Crippen LogP contribution in [0, 0.1) is 5.92 Å². The van der Waals surface area contributed by atoms with Gasteiger partial charge in [0, 0.05) is 31.9 Å². The van der Waals surface area contributed by atoms with E-state index in [0.29, 0.717) is 0 Å². The van der Waals surface area contributed by atoms with Crippen molar-refractivity contribution < 1.29 is 0 Å². The Labute approximate surface area is 159 Å². The average molecular weight is 366 g/mol. The van der Waals surface area contributed by atoms with Gasteiger partial charge in [0.1, 0.15) is 0 Å². The van der Waals surface area contributed by atoms with Crippen LogP contribution in [0.25, 0.3) is 10.1 Å². The second-order valence-corrected chi connectivity index (χ2v) is 7.69. The predicted molar refractivity (Wildman–Crippen MR) is 115 cm³/mol. The van der Waals surface area contributed by atoms with Crippen molar-refractivity contribution in [2.75, 3.05) is 5.32 Å². The van der Waals surface area contributed by atoms with Crippen LogP contribution in [0.5, 0.6) is 0 Å². The number of anilines is 2. The van der Waals surface area contributed by atoms with Gasteiger partial charge in [0.05, 0.1) is 0 Å². The Bertz CT molecular complexity index is 930. The third kappa shape index (κ3) is 3.83. The summed E-state index contributed by atoms with van der Waals surface area (Å²) in [5, 5.41) is 4.29. The molecular weight excluding hydrogens is 338 g/mol. The molecule has 1 aromatic heterocycles. The molecule has 136 valence electrons. The number of para-hydroxylation sites is 1. The lowest BCUT2D eigenvalue weighted by Gasteiger charge is -2.22. The van der Waals surface area contributed by atoms with Crippen molar-refractivity contribution in [1.29, 1.82) is 0 Å². The SMILES string of the molecule is CC.CCC1CCc2c(sc3cc(Nc4ccccc4)ccc3c2=O)C1. The van der Waals surface area contributed by atoms with Crippen LogP contribution in [0.3, 0.4) is 0 Å². The molecule has 0 saturated heterocycles. The first kappa shape index (κ1) is 18.7. The maximum absolute atomic E-state index is 12.8. The van der Waals surface area contributed by atoms with Gasteiger partial charge in [-0.1, -0.05) is 45.4 Å². The normalized spacial score (nSPS) is 15.7. The highest BCUT2D eigenvalue weighted by Gasteiger charge is 2.21. The van der Waals surface area contributed by atoms with Crippen LogP contribution < -0.4 is 10.7 Å². The molecule has 2 aromatic carbocycles. The van der Waals surface area contributed by atoms with E-state index in [9.17, 15) is 4.79 Å². The third-order valence-corrected chi connectivity index (χ3v) is 6.20. The fourth-order valence-electron chi connectivity index (χ4n) is 3.52. The second-order valence-electron chi connectivity index (χ2n) is 6.55. The first-order chi connectivity index (χ1) is 12.7. The number of hydrogen-bond donors (Lipinski definition) is 1. The largest absolute Gasteiger partial charge is 0.355 e. The highest BCUT2D eigenvalue weighted by atomic mass is 32.1. The van der Waals surface area contributed by atoms with E-state index in [2.05, 4.69) is 18.3 Å². The minimum atomic E-state index is 0.250. The Hall–Kier alpha value is -2.13. The van der Waals surface area contributed by atoms with Gasteiger partial charge in [0.2, 0.25) is 0 Å². The smallest absolute Gasteiger partial charge is 0.191 e. The molecule has 0 saturated carbocycles. The summed E-state index contributed by atoms with van der Waals surface area (Å²) in [4.78, 5) is 14.1. The average Bonchev–Trinajstić information content (AvgIpc) is 2.70. The van der Waals surface area contributed by atoms with Crippen molar-refractivity contribution in [3.05, 3.63) is 69.2 Å². The van der Waals surface area contributed by atoms with Crippen molar-refractivity contribution in [2.24, 2.45) is 5.92 Å². The van der Waals surface area contributed by atoms with Gasteiger partial charge in [-0.25, -0.2) is 0 Å². The summed E-state index contributed by atoms with van der Waals surface area (Å²) in [5.41, 5.74) is 3.42. The summed E-state index contributed by atoms with van der Waals surface area (Å²) >= 11 is 1.81. The Balaban J connectivity index is 0.000000948. The minimum absolute atomic E-state index is 0.250. The monoisotopic (exact) mass is 365 g/mol. The van der Waals surface area contributed by atoms with Crippen LogP contribution in [-0.4, -0.2) is 0 Å². The molecule has 3 heteroatoms. The molecule has 1 aliphatic rings. The summed E-state index contributed by atoms with van der Waals surface area (Å²) in [6.07, 6.45) is 4.37. The molecule has 26 heavy (non-hydrogen) atoms. The third-order valence-electron chi connectivity index (χ3n) is 4.99. The lowest BCUT2D eigenvalue weighted by molar-refractivity contribution is 0.448. The lowest BCUT2D eigenvalue weighted by Crippen LogP contribution is -2.20. The highest BCUT2D eigenvalue weighted by Crippen LogP contribution is 2.33. The van der Waals surface area contributed by atoms with Crippen molar-refractivity contribution >= 4 is 32.8 Å². The van der Waals surface area contributed by atoms with Gasteiger partial charge < -0.3 is 5.32 Å². The van der Waals surface area contributed by atoms with E-state index in [1.807, 2.05) is 67.6 Å². The van der Waals surface area contributed by atoms with Crippen LogP contribution in [-0.2, 0) is 12.8 Å². The summed E-state index contributed by atoms with van der Waals surface area (Å²) in [7, 11) is 0. The van der Waals surface area contributed by atoms with Gasteiger partial charge in [0.25, 0.3) is 0 Å². The van der Waals surface area contributed by atoms with Crippen molar-refractivity contribution in [3.63, 3.8) is 0 Å². The summed E-state index contributed by atoms with van der Waals surface area (Å²) in [5.74, 6) is 0.733. The van der Waals surface area contributed by atoms with Crippen LogP contribution in [0.2, 0.25) is 0 Å². The number of rotatable bonds is 3. The van der Waals surface area contributed by atoms with E-state index in [1.54, 1.807) is 0 Å². The summed E-state index contributed by atoms with van der Waals surface area (Å²) in [6, 6.07) is 16.2. The first-order valence-corrected chi connectivity index (χ1v) is 10.5. The standard InChI is InChI=1S/C21H21NOS.C2H6/c1-2-14-8-10-17-19(12-14)24-20-13-16(9-11-18(20)21(17)23)22-15-6-4-3-5-7-15;1-2/h3-7,9,11,13-14,22H,2,8,10,12H2,1H3;1-2H3. The zero-order valence-corrected chi connectivity index (χ0v) is 16.7. The molecule has 1 heterocycles. The van der Waals surface area contributed by atoms with Gasteiger partial charge in [-0.3, -0.25) is 4.79 Å². The molecule has 0 radical (unpaired) electrons. The maximum atomic E-state index is 12.8. The van der Waals surface area contributed by atoms with Gasteiger partial charge in [0.15, 0.2) is 5.43 Å².